The molecule has 6 heteroatoms. The number of nitrogens with one attached hydrogen (secondary N) is 1. The fourth-order valence-corrected chi connectivity index (χ4v) is 2.41. The summed E-state index contributed by atoms with van der Waals surface area (Å²) in [5.74, 6) is -1.34. The van der Waals surface area contributed by atoms with Crippen LogP contribution < -0.4 is 10.1 Å². The molecule has 0 amide bonds. The van der Waals surface area contributed by atoms with Gasteiger partial charge in [0.1, 0.15) is 23.5 Å². The first-order chi connectivity index (χ1) is 10.1. The summed E-state index contributed by atoms with van der Waals surface area (Å²) in [5, 5.41) is 3.23. The Kier molecular flexibility index (Phi) is 5.50. The Bertz CT molecular complexity index is 476. The number of carbonyl (C=O) groups excluding carboxylic acids is 1. The van der Waals surface area contributed by atoms with E-state index in [1.165, 1.54) is 0 Å². The molecule has 1 N–H and O–H groups in total. The van der Waals surface area contributed by atoms with Crippen molar-refractivity contribution in [3.05, 3.63) is 29.8 Å². The molecule has 0 radical (unpaired) electrons. The third-order valence-electron chi connectivity index (χ3n) is 3.32. The zero-order valence-electron chi connectivity index (χ0n) is 11.9. The van der Waals surface area contributed by atoms with Gasteiger partial charge in [-0.05, 0) is 13.3 Å². The Morgan fingerprint density at radius 2 is 2.05 bits per heavy atom. The summed E-state index contributed by atoms with van der Waals surface area (Å²) in [6.07, 6.45) is 1.55. The molecule has 21 heavy (non-hydrogen) atoms. The van der Waals surface area contributed by atoms with Crippen LogP contribution in [0.1, 0.15) is 26.2 Å². The molecule has 1 fully saturated rings. The average molecular weight is 299 g/mol. The summed E-state index contributed by atoms with van der Waals surface area (Å²) in [7, 11) is 0. The predicted octanol–water partition coefficient (Wildman–Crippen LogP) is 2.42. The standard InChI is InChI=1S/C15H19F2NO3/c1-2-20-15(19)4-3-12-8-14(9-18-12)21-13-6-10(16)5-11(17)7-13/h5-7,12,14,18H,2-4,8-9H2,1H3/t12-,14+/m1/s1. The largest absolute Gasteiger partial charge is 0.489 e. The van der Waals surface area contributed by atoms with E-state index < -0.39 is 11.6 Å². The zero-order valence-corrected chi connectivity index (χ0v) is 11.9. The lowest BCUT2D eigenvalue weighted by molar-refractivity contribution is -0.143. The van der Waals surface area contributed by atoms with Gasteiger partial charge in [0.25, 0.3) is 0 Å². The molecule has 2 rings (SSSR count). The fourth-order valence-electron chi connectivity index (χ4n) is 2.41. The molecule has 1 aliphatic rings. The Morgan fingerprint density at radius 1 is 1.33 bits per heavy atom. The van der Waals surface area contributed by atoms with Crippen LogP contribution in [0.2, 0.25) is 0 Å². The van der Waals surface area contributed by atoms with E-state index in [1.54, 1.807) is 6.92 Å². The van der Waals surface area contributed by atoms with Crippen molar-refractivity contribution in [2.75, 3.05) is 13.2 Å². The van der Waals surface area contributed by atoms with Crippen LogP contribution in [-0.2, 0) is 9.53 Å². The molecule has 0 unspecified atom stereocenters. The van der Waals surface area contributed by atoms with Gasteiger partial charge in [0.15, 0.2) is 0 Å². The Morgan fingerprint density at radius 3 is 2.71 bits per heavy atom. The van der Waals surface area contributed by atoms with Crippen LogP contribution in [-0.4, -0.2) is 31.3 Å². The molecule has 4 nitrogen and oxygen atoms in total. The molecule has 1 aromatic rings. The van der Waals surface area contributed by atoms with Crippen molar-refractivity contribution in [1.82, 2.24) is 5.32 Å². The van der Waals surface area contributed by atoms with Gasteiger partial charge in [-0.15, -0.1) is 0 Å². The first-order valence-electron chi connectivity index (χ1n) is 7.08. The van der Waals surface area contributed by atoms with E-state index in [-0.39, 0.29) is 23.9 Å². The molecule has 1 aromatic carbocycles. The van der Waals surface area contributed by atoms with E-state index in [1.807, 2.05) is 0 Å². The molecule has 0 aliphatic carbocycles. The van der Waals surface area contributed by atoms with E-state index >= 15 is 0 Å². The highest BCUT2D eigenvalue weighted by molar-refractivity contribution is 5.69. The Labute approximate surface area is 122 Å². The van der Waals surface area contributed by atoms with Gasteiger partial charge in [-0.2, -0.15) is 0 Å². The minimum absolute atomic E-state index is 0.151. The third kappa shape index (κ3) is 4.97. The smallest absolute Gasteiger partial charge is 0.305 e. The normalized spacial score (nSPS) is 21.3. The molecular formula is C15H19F2NO3. The number of ether oxygens (including phenoxy) is 2. The van der Waals surface area contributed by atoms with Crippen molar-refractivity contribution in [2.45, 2.75) is 38.3 Å². The third-order valence-corrected chi connectivity index (χ3v) is 3.32. The lowest BCUT2D eigenvalue weighted by Crippen LogP contribution is -2.23. The minimum atomic E-state index is -0.658. The second-order valence-electron chi connectivity index (χ2n) is 5.03. The van der Waals surface area contributed by atoms with Crippen molar-refractivity contribution in [3.8, 4) is 5.75 Å². The number of hydrogen-bond acceptors (Lipinski definition) is 4. The molecule has 1 saturated heterocycles. The van der Waals surface area contributed by atoms with E-state index in [0.717, 1.165) is 18.2 Å². The number of halogens is 2. The van der Waals surface area contributed by atoms with Crippen LogP contribution >= 0.6 is 0 Å². The van der Waals surface area contributed by atoms with Crippen LogP contribution in [0.15, 0.2) is 18.2 Å². The van der Waals surface area contributed by atoms with Gasteiger partial charge in [-0.3, -0.25) is 4.79 Å². The SMILES string of the molecule is CCOC(=O)CC[C@@H]1C[C@H](Oc2cc(F)cc(F)c2)CN1. The number of esters is 1. The van der Waals surface area contributed by atoms with Gasteiger partial charge in [-0.25, -0.2) is 8.78 Å². The average Bonchev–Trinajstić information content (AvgIpc) is 2.83. The number of hydrogen-bond donors (Lipinski definition) is 1. The van der Waals surface area contributed by atoms with Crippen LogP contribution in [0.3, 0.4) is 0 Å². The first-order valence-corrected chi connectivity index (χ1v) is 7.08. The summed E-state index contributed by atoms with van der Waals surface area (Å²) in [6.45, 7) is 2.74. The molecule has 1 heterocycles. The van der Waals surface area contributed by atoms with E-state index in [9.17, 15) is 13.6 Å². The maximum absolute atomic E-state index is 13.1. The van der Waals surface area contributed by atoms with E-state index in [4.69, 9.17) is 9.47 Å². The van der Waals surface area contributed by atoms with Crippen molar-refractivity contribution < 1.29 is 23.0 Å². The molecule has 0 aromatic heterocycles. The molecule has 0 spiro atoms. The van der Waals surface area contributed by atoms with Gasteiger partial charge in [0.2, 0.25) is 0 Å². The predicted molar refractivity (Wildman–Crippen MR) is 73.0 cm³/mol. The molecule has 116 valence electrons. The summed E-state index contributed by atoms with van der Waals surface area (Å²) < 4.78 is 36.6. The maximum atomic E-state index is 13.1. The summed E-state index contributed by atoms with van der Waals surface area (Å²) >= 11 is 0. The van der Waals surface area contributed by atoms with Gasteiger partial charge in [0.05, 0.1) is 6.61 Å². The number of carbonyl (C=O) groups is 1. The topological polar surface area (TPSA) is 47.6 Å². The Balaban J connectivity index is 1.78. The first kappa shape index (κ1) is 15.7. The maximum Gasteiger partial charge on any atom is 0.305 e. The molecule has 0 saturated carbocycles. The zero-order chi connectivity index (χ0) is 15.2. The van der Waals surface area contributed by atoms with Crippen molar-refractivity contribution in [2.24, 2.45) is 0 Å². The van der Waals surface area contributed by atoms with Crippen LogP contribution in [0.5, 0.6) is 5.75 Å². The van der Waals surface area contributed by atoms with E-state index in [2.05, 4.69) is 5.32 Å². The van der Waals surface area contributed by atoms with Crippen molar-refractivity contribution in [3.63, 3.8) is 0 Å². The minimum Gasteiger partial charge on any atom is -0.489 e. The van der Waals surface area contributed by atoms with Gasteiger partial charge in [-0.1, -0.05) is 0 Å². The second kappa shape index (κ2) is 7.36. The lowest BCUT2D eigenvalue weighted by Gasteiger charge is -2.13. The molecule has 2 atom stereocenters. The van der Waals surface area contributed by atoms with Gasteiger partial charge in [0, 0.05) is 43.6 Å². The molecular weight excluding hydrogens is 280 g/mol. The second-order valence-corrected chi connectivity index (χ2v) is 5.03. The summed E-state index contributed by atoms with van der Waals surface area (Å²) in [5.41, 5.74) is 0. The quantitative estimate of drug-likeness (QED) is 0.820. The molecule has 0 bridgehead atoms. The highest BCUT2D eigenvalue weighted by Crippen LogP contribution is 2.21. The number of rotatable bonds is 6. The highest BCUT2D eigenvalue weighted by atomic mass is 19.1. The van der Waals surface area contributed by atoms with Gasteiger partial charge < -0.3 is 14.8 Å². The lowest BCUT2D eigenvalue weighted by atomic mass is 10.1. The van der Waals surface area contributed by atoms with Crippen LogP contribution in [0.4, 0.5) is 8.78 Å². The highest BCUT2D eigenvalue weighted by Gasteiger charge is 2.26. The Hall–Kier alpha value is -1.69. The summed E-state index contributed by atoms with van der Waals surface area (Å²) in [6, 6.07) is 3.28. The molecule has 1 aliphatic heterocycles. The van der Waals surface area contributed by atoms with E-state index in [0.29, 0.717) is 32.4 Å². The monoisotopic (exact) mass is 299 g/mol. The van der Waals surface area contributed by atoms with Crippen molar-refractivity contribution in [1.29, 1.82) is 0 Å². The number of benzene rings is 1. The van der Waals surface area contributed by atoms with Crippen LogP contribution in [0, 0.1) is 11.6 Å². The summed E-state index contributed by atoms with van der Waals surface area (Å²) in [4.78, 5) is 11.3. The van der Waals surface area contributed by atoms with Crippen molar-refractivity contribution >= 4 is 5.97 Å². The van der Waals surface area contributed by atoms with Crippen LogP contribution in [0.25, 0.3) is 0 Å². The van der Waals surface area contributed by atoms with Gasteiger partial charge >= 0.3 is 5.97 Å². The fraction of sp³-hybridized carbons (Fsp3) is 0.533.